The van der Waals surface area contributed by atoms with E-state index in [2.05, 4.69) is 11.9 Å². The Kier molecular flexibility index (Phi) is 3.77. The van der Waals surface area contributed by atoms with E-state index in [4.69, 9.17) is 0 Å². The number of halogens is 1. The summed E-state index contributed by atoms with van der Waals surface area (Å²) in [6.45, 7) is 0. The number of nitrogens with zero attached hydrogens (tertiary/aromatic N) is 1. The molecule has 2 rings (SSSR count). The van der Waals surface area contributed by atoms with Crippen molar-refractivity contribution in [2.45, 2.75) is 35.6 Å². The van der Waals surface area contributed by atoms with Crippen LogP contribution in [0.3, 0.4) is 0 Å². The van der Waals surface area contributed by atoms with Crippen LogP contribution in [0.25, 0.3) is 0 Å². The van der Waals surface area contributed by atoms with Gasteiger partial charge < -0.3 is 0 Å². The normalized spacial score (nSPS) is 35.9. The molecule has 2 atom stereocenters. The van der Waals surface area contributed by atoms with Crippen molar-refractivity contribution in [1.82, 2.24) is 4.90 Å². The van der Waals surface area contributed by atoms with Gasteiger partial charge in [0.05, 0.1) is 0 Å². The second-order valence-corrected chi connectivity index (χ2v) is 5.71. The fourth-order valence-electron chi connectivity index (χ4n) is 1.89. The molecule has 0 amide bonds. The van der Waals surface area contributed by atoms with Crippen LogP contribution in [0.2, 0.25) is 10.6 Å². The van der Waals surface area contributed by atoms with Crippen LogP contribution in [0.4, 0.5) is 0 Å². The molecule has 0 spiro atoms. The van der Waals surface area contributed by atoms with Crippen LogP contribution in [0.15, 0.2) is 0 Å². The van der Waals surface area contributed by atoms with Gasteiger partial charge in [-0.1, -0.05) is 0 Å². The second-order valence-electron chi connectivity index (χ2n) is 3.46. The number of carbonyl (C=O) groups is 1. The quantitative estimate of drug-likeness (QED) is 0.626. The summed E-state index contributed by atoms with van der Waals surface area (Å²) in [6, 6.07) is 1.21. The molecule has 0 saturated carbocycles. The summed E-state index contributed by atoms with van der Waals surface area (Å²) in [5.41, 5.74) is 0. The maximum absolute atomic E-state index is 11.2. The number of piperidine rings is 1. The van der Waals surface area contributed by atoms with E-state index in [1.807, 2.05) is 0 Å². The van der Waals surface area contributed by atoms with Crippen molar-refractivity contribution < 1.29 is 4.79 Å². The summed E-state index contributed by atoms with van der Waals surface area (Å²) < 4.78 is 0. The number of hydrogen-bond acceptors (Lipinski definition) is 2. The molecule has 0 aromatic heterocycles. The van der Waals surface area contributed by atoms with Crippen LogP contribution < -0.4 is 0 Å². The zero-order valence-corrected chi connectivity index (χ0v) is 10.6. The molecule has 0 aromatic carbocycles. The van der Waals surface area contributed by atoms with Crippen molar-refractivity contribution in [3.05, 3.63) is 0 Å². The van der Waals surface area contributed by atoms with E-state index in [-0.39, 0.29) is 17.0 Å². The van der Waals surface area contributed by atoms with Crippen molar-refractivity contribution >= 4 is 37.7 Å². The Bertz CT molecular complexity index is 172. The van der Waals surface area contributed by atoms with Gasteiger partial charge in [0, 0.05) is 0 Å². The van der Waals surface area contributed by atoms with Gasteiger partial charge in [-0.05, 0) is 0 Å². The Labute approximate surface area is 90.0 Å². The molecule has 2 aliphatic heterocycles. The summed E-state index contributed by atoms with van der Waals surface area (Å²) in [6.07, 6.45) is 1.66. The predicted octanol–water partition coefficient (Wildman–Crippen LogP) is 1.15. The molecule has 4 heteroatoms. The molecule has 12 heavy (non-hydrogen) atoms. The molecule has 2 heterocycles. The Hall–Kier alpha value is 0.629. The molecule has 2 fully saturated rings. The van der Waals surface area contributed by atoms with Crippen LogP contribution in [0.5, 0.6) is 0 Å². The van der Waals surface area contributed by atoms with Gasteiger partial charge >= 0.3 is 73.0 Å². The predicted molar refractivity (Wildman–Crippen MR) is 55.3 cm³/mol. The van der Waals surface area contributed by atoms with Crippen molar-refractivity contribution in [3.63, 3.8) is 0 Å². The van der Waals surface area contributed by atoms with Crippen LogP contribution in [-0.2, 0) is 4.79 Å². The molecule has 2 bridgehead atoms. The summed E-state index contributed by atoms with van der Waals surface area (Å²) >= 11 is 0.822. The van der Waals surface area contributed by atoms with Crippen LogP contribution in [0, 0.1) is 0 Å². The number of hydrogen-bond donors (Lipinski definition) is 0. The SMILES string of the molecule is Br.CN1C2C[Se]CC1CC(=O)C2. The van der Waals surface area contributed by atoms with Gasteiger partial charge in [0.25, 0.3) is 0 Å². The fraction of sp³-hybridized carbons (Fsp3) is 0.875. The van der Waals surface area contributed by atoms with Gasteiger partial charge in [-0.3, -0.25) is 0 Å². The van der Waals surface area contributed by atoms with E-state index >= 15 is 0 Å². The zero-order valence-electron chi connectivity index (χ0n) is 7.16. The first-order chi connectivity index (χ1) is 5.27. The third-order valence-corrected chi connectivity index (χ3v) is 5.30. The summed E-state index contributed by atoms with van der Waals surface area (Å²) in [5.74, 6) is 0.494. The standard InChI is InChI=1S/C8H13NOSe.BrH/c1-9-6-2-8(10)3-7(9)5-11-4-6;/h6-7H,2-5H2,1H3;1H. The summed E-state index contributed by atoms with van der Waals surface area (Å²) in [4.78, 5) is 13.6. The molecule has 2 saturated heterocycles. The number of fused-ring (bicyclic) bond motifs is 2. The Morgan fingerprint density at radius 1 is 1.33 bits per heavy atom. The molecule has 0 aliphatic carbocycles. The van der Waals surface area contributed by atoms with Gasteiger partial charge in [0.1, 0.15) is 0 Å². The van der Waals surface area contributed by atoms with E-state index < -0.39 is 0 Å². The molecule has 2 aliphatic rings. The van der Waals surface area contributed by atoms with Gasteiger partial charge in [-0.25, -0.2) is 0 Å². The minimum absolute atomic E-state index is 0. The van der Waals surface area contributed by atoms with Crippen LogP contribution in [0.1, 0.15) is 12.8 Å². The first-order valence-corrected chi connectivity index (χ1v) is 6.51. The molecular weight excluding hydrogens is 285 g/mol. The minimum atomic E-state index is 0. The Morgan fingerprint density at radius 2 is 1.83 bits per heavy atom. The third kappa shape index (κ3) is 1.92. The first kappa shape index (κ1) is 10.7. The van der Waals surface area contributed by atoms with Crippen molar-refractivity contribution in [2.75, 3.05) is 7.05 Å². The fourth-order valence-corrected chi connectivity index (χ4v) is 4.80. The molecule has 0 aromatic rings. The van der Waals surface area contributed by atoms with Gasteiger partial charge in [0.15, 0.2) is 0 Å². The van der Waals surface area contributed by atoms with Crippen molar-refractivity contribution in [1.29, 1.82) is 0 Å². The first-order valence-electron chi connectivity index (χ1n) is 4.09. The number of rotatable bonds is 0. The number of carbonyl (C=O) groups excluding carboxylic acids is 1. The van der Waals surface area contributed by atoms with Gasteiger partial charge in [-0.2, -0.15) is 0 Å². The molecule has 0 N–H and O–H groups in total. The molecular formula is C8H14BrNOSe. The van der Waals surface area contributed by atoms with Gasteiger partial charge in [-0.15, -0.1) is 17.0 Å². The average molecular weight is 299 g/mol. The van der Waals surface area contributed by atoms with Gasteiger partial charge in [0.2, 0.25) is 0 Å². The Balaban J connectivity index is 0.000000720. The molecule has 0 radical (unpaired) electrons. The monoisotopic (exact) mass is 299 g/mol. The van der Waals surface area contributed by atoms with E-state index in [1.165, 1.54) is 10.6 Å². The van der Waals surface area contributed by atoms with Crippen LogP contribution in [-0.4, -0.2) is 44.8 Å². The molecule has 70 valence electrons. The topological polar surface area (TPSA) is 20.3 Å². The zero-order chi connectivity index (χ0) is 7.84. The second kappa shape index (κ2) is 4.23. The Morgan fingerprint density at radius 3 is 2.33 bits per heavy atom. The number of ketones is 1. The van der Waals surface area contributed by atoms with E-state index in [0.29, 0.717) is 17.9 Å². The summed E-state index contributed by atoms with van der Waals surface area (Å²) in [7, 11) is 2.18. The molecule has 2 nitrogen and oxygen atoms in total. The van der Waals surface area contributed by atoms with Crippen molar-refractivity contribution in [2.24, 2.45) is 0 Å². The van der Waals surface area contributed by atoms with E-state index in [9.17, 15) is 4.79 Å². The van der Waals surface area contributed by atoms with E-state index in [0.717, 1.165) is 27.8 Å². The molecule has 2 unspecified atom stereocenters. The van der Waals surface area contributed by atoms with Crippen molar-refractivity contribution in [3.8, 4) is 0 Å². The average Bonchev–Trinajstić information content (AvgIpc) is 1.92. The number of Topliss-reactive ketones (excluding diaryl/α,β-unsaturated/α-hetero) is 1. The summed E-state index contributed by atoms with van der Waals surface area (Å²) in [5, 5.41) is 2.59. The maximum atomic E-state index is 11.2. The van der Waals surface area contributed by atoms with E-state index in [1.54, 1.807) is 0 Å². The van der Waals surface area contributed by atoms with Crippen LogP contribution >= 0.6 is 17.0 Å². The third-order valence-electron chi connectivity index (χ3n) is 2.70.